The second-order valence-corrected chi connectivity index (χ2v) is 8.68. The molecule has 0 atom stereocenters. The van der Waals surface area contributed by atoms with E-state index in [9.17, 15) is 17.6 Å². The maximum atomic E-state index is 16.1. The molecule has 176 valence electrons. The summed E-state index contributed by atoms with van der Waals surface area (Å²) in [6, 6.07) is 2.73. The van der Waals surface area contributed by atoms with Crippen molar-refractivity contribution in [3.63, 3.8) is 0 Å². The number of allylic oxidation sites excluding steroid dienone is 2. The summed E-state index contributed by atoms with van der Waals surface area (Å²) in [5, 5.41) is 0. The highest BCUT2D eigenvalue weighted by atomic mass is 19.4. The third-order valence-electron chi connectivity index (χ3n) is 7.06. The van der Waals surface area contributed by atoms with Crippen LogP contribution in [0.2, 0.25) is 0 Å². The van der Waals surface area contributed by atoms with Gasteiger partial charge in [-0.1, -0.05) is 19.9 Å². The van der Waals surface area contributed by atoms with Crippen molar-refractivity contribution >= 4 is 18.3 Å². The Morgan fingerprint density at radius 1 is 1.00 bits per heavy atom. The van der Waals surface area contributed by atoms with Gasteiger partial charge in [-0.25, -0.2) is 4.39 Å². The number of benzene rings is 1. The summed E-state index contributed by atoms with van der Waals surface area (Å²) in [4.78, 5) is 0. The molecule has 0 radical (unpaired) electrons. The molecule has 2 aliphatic rings. The molecule has 3 heterocycles. The molecule has 0 saturated carbocycles. The lowest BCUT2D eigenvalue weighted by Gasteiger charge is -2.34. The van der Waals surface area contributed by atoms with Crippen LogP contribution in [0.5, 0.6) is 0 Å². The predicted octanol–water partition coefficient (Wildman–Crippen LogP) is 7.03. The van der Waals surface area contributed by atoms with Gasteiger partial charge in [0.05, 0.1) is 11.1 Å². The van der Waals surface area contributed by atoms with E-state index >= 15 is 8.63 Å². The minimum absolute atomic E-state index is 0.0593. The first-order valence-electron chi connectivity index (χ1n) is 11.0. The molecule has 1 aromatic heterocycles. The van der Waals surface area contributed by atoms with Crippen LogP contribution >= 0.6 is 0 Å². The zero-order valence-corrected chi connectivity index (χ0v) is 19.4. The maximum absolute atomic E-state index is 16.1. The van der Waals surface area contributed by atoms with Gasteiger partial charge in [-0.3, -0.25) is 0 Å². The van der Waals surface area contributed by atoms with E-state index < -0.39 is 24.5 Å². The summed E-state index contributed by atoms with van der Waals surface area (Å²) in [6.07, 6.45) is -3.91. The first-order chi connectivity index (χ1) is 15.3. The second kappa shape index (κ2) is 7.40. The first kappa shape index (κ1) is 23.5. The van der Waals surface area contributed by atoms with Gasteiger partial charge in [0.1, 0.15) is 11.5 Å². The van der Waals surface area contributed by atoms with E-state index in [1.54, 1.807) is 27.7 Å². The van der Waals surface area contributed by atoms with Crippen LogP contribution in [0.25, 0.3) is 5.57 Å². The van der Waals surface area contributed by atoms with Gasteiger partial charge in [0, 0.05) is 23.8 Å². The molecule has 0 aliphatic carbocycles. The average Bonchev–Trinajstić information content (AvgIpc) is 3.13. The topological polar surface area (TPSA) is 7.94 Å². The molecule has 0 bridgehead atoms. The molecule has 0 saturated heterocycles. The first-order valence-corrected chi connectivity index (χ1v) is 11.0. The van der Waals surface area contributed by atoms with Gasteiger partial charge in [-0.05, 0) is 68.1 Å². The molecule has 0 unspecified atom stereocenters. The Morgan fingerprint density at radius 3 is 2.18 bits per heavy atom. The number of rotatable bonds is 3. The van der Waals surface area contributed by atoms with Crippen molar-refractivity contribution in [2.45, 2.75) is 60.6 Å². The Kier molecular flexibility index (Phi) is 5.26. The minimum Gasteiger partial charge on any atom is -0.393 e. The summed E-state index contributed by atoms with van der Waals surface area (Å²) >= 11 is 0. The van der Waals surface area contributed by atoms with Gasteiger partial charge in [0.25, 0.3) is 0 Å². The van der Waals surface area contributed by atoms with Gasteiger partial charge >= 0.3 is 13.1 Å². The van der Waals surface area contributed by atoms with E-state index in [-0.39, 0.29) is 22.5 Å². The normalized spacial score (nSPS) is 17.8. The SMILES string of the molecule is CCC1=C(C)C2=C(c3ccc(F)c(C(F)(F)F)c3)c3c(C)c(CC)c(C)n3[B-](F)(F)[N+]2=C1C. The number of alkyl halides is 3. The smallest absolute Gasteiger partial charge is 0.393 e. The monoisotopic (exact) mass is 466 g/mol. The average molecular weight is 466 g/mol. The maximum Gasteiger partial charge on any atom is 0.737 e. The predicted molar refractivity (Wildman–Crippen MR) is 118 cm³/mol. The number of nitrogens with zero attached hydrogens (tertiary/aromatic N) is 2. The van der Waals surface area contributed by atoms with Crippen molar-refractivity contribution in [3.8, 4) is 0 Å². The Hall–Kier alpha value is -2.71. The van der Waals surface area contributed by atoms with E-state index in [0.29, 0.717) is 35.4 Å². The Labute approximate surface area is 189 Å². The van der Waals surface area contributed by atoms with Crippen molar-refractivity contribution in [1.82, 2.24) is 4.48 Å². The van der Waals surface area contributed by atoms with Crippen LogP contribution in [-0.4, -0.2) is 21.6 Å². The number of hydrogen-bond acceptors (Lipinski definition) is 0. The Balaban J connectivity index is 2.22. The lowest BCUT2D eigenvalue weighted by Crippen LogP contribution is -2.51. The Morgan fingerprint density at radius 2 is 1.64 bits per heavy atom. The molecule has 0 amide bonds. The van der Waals surface area contributed by atoms with Crippen LogP contribution < -0.4 is 0 Å². The fourth-order valence-electron chi connectivity index (χ4n) is 5.65. The van der Waals surface area contributed by atoms with E-state index in [4.69, 9.17) is 0 Å². The van der Waals surface area contributed by atoms with Gasteiger partial charge in [-0.15, -0.1) is 0 Å². The molecule has 2 aromatic rings. The zero-order valence-electron chi connectivity index (χ0n) is 19.4. The quantitative estimate of drug-likeness (QED) is 0.339. The fourth-order valence-corrected chi connectivity index (χ4v) is 5.65. The van der Waals surface area contributed by atoms with E-state index in [1.807, 2.05) is 13.8 Å². The molecule has 2 aliphatic heterocycles. The summed E-state index contributed by atoms with van der Waals surface area (Å²) < 4.78 is 88.9. The van der Waals surface area contributed by atoms with Crippen LogP contribution in [0.1, 0.15) is 67.8 Å². The van der Waals surface area contributed by atoms with Crippen molar-refractivity contribution < 1.29 is 30.7 Å². The van der Waals surface area contributed by atoms with Crippen molar-refractivity contribution in [3.05, 3.63) is 74.5 Å². The Bertz CT molecular complexity index is 1290. The fraction of sp³-hybridized carbons (Fsp3) is 0.375. The highest BCUT2D eigenvalue weighted by Crippen LogP contribution is 2.47. The lowest BCUT2D eigenvalue weighted by molar-refractivity contribution is -0.363. The number of fused-ring (bicyclic) bond motifs is 2. The van der Waals surface area contributed by atoms with Crippen LogP contribution in [0.15, 0.2) is 35.0 Å². The molecule has 33 heavy (non-hydrogen) atoms. The van der Waals surface area contributed by atoms with E-state index in [1.165, 1.54) is 6.07 Å². The van der Waals surface area contributed by atoms with Gasteiger partial charge in [0.15, 0.2) is 5.70 Å². The van der Waals surface area contributed by atoms with E-state index in [2.05, 4.69) is 0 Å². The van der Waals surface area contributed by atoms with Crippen LogP contribution in [0.3, 0.4) is 0 Å². The highest BCUT2D eigenvalue weighted by Gasteiger charge is 2.56. The van der Waals surface area contributed by atoms with Crippen LogP contribution in [-0.2, 0) is 12.6 Å². The number of hydrogen-bond donors (Lipinski definition) is 0. The molecule has 0 N–H and O–H groups in total. The molecular formula is C24H25BF6N2. The lowest BCUT2D eigenvalue weighted by atomic mass is 9.83. The molecule has 0 spiro atoms. The van der Waals surface area contributed by atoms with Gasteiger partial charge in [0.2, 0.25) is 0 Å². The van der Waals surface area contributed by atoms with E-state index in [0.717, 1.165) is 32.2 Å². The van der Waals surface area contributed by atoms with Crippen LogP contribution in [0.4, 0.5) is 26.2 Å². The largest absolute Gasteiger partial charge is 0.737 e. The zero-order chi connectivity index (χ0) is 24.6. The molecular weight excluding hydrogens is 441 g/mol. The highest BCUT2D eigenvalue weighted by molar-refractivity contribution is 6.58. The summed E-state index contributed by atoms with van der Waals surface area (Å²) in [6.45, 7) is 6.11. The standard InChI is InChI=1S/C24H25BF6N2/c1-7-17-12(3)22-21(16-9-10-20(26)19(11-16)24(27,28)29)23-13(4)18(8-2)15(6)33(23)25(30,31)32(22)14(17)5/h9-11H,7-8H2,1-6H3. The summed E-state index contributed by atoms with van der Waals surface area (Å²) in [5.74, 6) is -1.40. The third-order valence-corrected chi connectivity index (χ3v) is 7.06. The van der Waals surface area contributed by atoms with Crippen molar-refractivity contribution in [2.75, 3.05) is 0 Å². The van der Waals surface area contributed by atoms with Crippen LogP contribution in [0, 0.1) is 19.7 Å². The molecule has 2 nitrogen and oxygen atoms in total. The number of halogens is 6. The molecule has 0 fully saturated rings. The second-order valence-electron chi connectivity index (χ2n) is 8.68. The third kappa shape index (κ3) is 3.07. The van der Waals surface area contributed by atoms with Gasteiger partial charge in [-0.2, -0.15) is 13.2 Å². The van der Waals surface area contributed by atoms with Crippen molar-refractivity contribution in [2.24, 2.45) is 0 Å². The molecule has 4 rings (SSSR count). The van der Waals surface area contributed by atoms with Gasteiger partial charge < -0.3 is 17.6 Å². The molecule has 9 heteroatoms. The number of aromatic nitrogens is 1. The summed E-state index contributed by atoms with van der Waals surface area (Å²) in [7, 11) is 0. The molecule has 1 aromatic carbocycles. The minimum atomic E-state index is -4.91. The summed E-state index contributed by atoms with van der Waals surface area (Å²) in [5.41, 5.74) is 2.77. The van der Waals surface area contributed by atoms with Crippen molar-refractivity contribution in [1.29, 1.82) is 0 Å².